The molecule has 1 heterocycles. The molecule has 1 aliphatic rings. The van der Waals surface area contributed by atoms with Crippen LogP contribution in [0.15, 0.2) is 23.5 Å². The fraction of sp³-hybridized carbons (Fsp3) is 0.733. The van der Waals surface area contributed by atoms with E-state index in [0.717, 1.165) is 32.4 Å². The van der Waals surface area contributed by atoms with E-state index in [1.165, 1.54) is 6.42 Å². The van der Waals surface area contributed by atoms with Gasteiger partial charge >= 0.3 is 0 Å². The van der Waals surface area contributed by atoms with Gasteiger partial charge in [0.1, 0.15) is 0 Å². The molecule has 144 valence electrons. The molecule has 0 unspecified atom stereocenters. The van der Waals surface area contributed by atoms with Gasteiger partial charge in [-0.15, -0.1) is 24.0 Å². The van der Waals surface area contributed by atoms with Gasteiger partial charge in [0.2, 0.25) is 10.0 Å². The minimum absolute atomic E-state index is 0. The van der Waals surface area contributed by atoms with Gasteiger partial charge in [-0.1, -0.05) is 6.42 Å². The Morgan fingerprint density at radius 1 is 1.32 bits per heavy atom. The van der Waals surface area contributed by atoms with Gasteiger partial charge in [-0.25, -0.2) is 13.1 Å². The molecule has 0 saturated heterocycles. The summed E-state index contributed by atoms with van der Waals surface area (Å²) in [4.78, 5) is 4.10. The van der Waals surface area contributed by atoms with E-state index in [9.17, 15) is 8.42 Å². The van der Waals surface area contributed by atoms with Crippen LogP contribution in [0.25, 0.3) is 0 Å². The predicted molar refractivity (Wildman–Crippen MR) is 111 cm³/mol. The van der Waals surface area contributed by atoms with E-state index in [1.54, 1.807) is 13.2 Å². The number of rotatable bonds is 10. The molecule has 1 saturated carbocycles. The number of nitrogens with zero attached hydrogens (tertiary/aromatic N) is 3. The first-order valence-corrected chi connectivity index (χ1v) is 10.1. The molecule has 0 aromatic carbocycles. The summed E-state index contributed by atoms with van der Waals surface area (Å²) >= 11 is 0. The first-order valence-electron chi connectivity index (χ1n) is 8.48. The van der Waals surface area contributed by atoms with Crippen LogP contribution in [0.4, 0.5) is 0 Å². The molecule has 0 radical (unpaired) electrons. The average Bonchev–Trinajstić information content (AvgIpc) is 3.01. The number of aliphatic imine (C=N–C) groups is 1. The molecule has 1 aromatic heterocycles. The molecule has 0 aliphatic heterocycles. The van der Waals surface area contributed by atoms with Crippen LogP contribution in [0.3, 0.4) is 0 Å². The van der Waals surface area contributed by atoms with Gasteiger partial charge in [-0.2, -0.15) is 5.10 Å². The number of hydrogen-bond donors (Lipinski definition) is 3. The van der Waals surface area contributed by atoms with Crippen molar-refractivity contribution in [2.45, 2.75) is 32.2 Å². The summed E-state index contributed by atoms with van der Waals surface area (Å²) in [5.41, 5.74) is 0. The first kappa shape index (κ1) is 22.2. The van der Waals surface area contributed by atoms with Gasteiger partial charge in [0, 0.05) is 45.6 Å². The fourth-order valence-corrected chi connectivity index (χ4v) is 3.42. The van der Waals surface area contributed by atoms with Crippen LogP contribution < -0.4 is 15.4 Å². The zero-order chi connectivity index (χ0) is 17.3. The molecule has 1 aromatic rings. The van der Waals surface area contributed by atoms with Gasteiger partial charge in [-0.05, 0) is 31.2 Å². The number of hydrogen-bond acceptors (Lipinski definition) is 4. The van der Waals surface area contributed by atoms with Crippen LogP contribution in [-0.4, -0.2) is 56.6 Å². The molecule has 2 rings (SSSR count). The van der Waals surface area contributed by atoms with Crippen molar-refractivity contribution in [3.05, 3.63) is 18.5 Å². The summed E-state index contributed by atoms with van der Waals surface area (Å²) < 4.78 is 28.4. The van der Waals surface area contributed by atoms with Gasteiger partial charge in [0.15, 0.2) is 5.96 Å². The maximum atomic E-state index is 11.9. The first-order chi connectivity index (χ1) is 11.6. The van der Waals surface area contributed by atoms with Crippen LogP contribution in [0.2, 0.25) is 0 Å². The second-order valence-electron chi connectivity index (χ2n) is 6.01. The highest BCUT2D eigenvalue weighted by atomic mass is 127. The topological polar surface area (TPSA) is 100 Å². The number of guanidine groups is 1. The van der Waals surface area contributed by atoms with Crippen molar-refractivity contribution in [2.24, 2.45) is 10.9 Å². The minimum atomic E-state index is -3.22. The van der Waals surface area contributed by atoms with E-state index in [-0.39, 0.29) is 29.7 Å². The third-order valence-corrected chi connectivity index (χ3v) is 5.47. The van der Waals surface area contributed by atoms with Gasteiger partial charge in [0.05, 0.1) is 5.75 Å². The maximum Gasteiger partial charge on any atom is 0.213 e. The van der Waals surface area contributed by atoms with Crippen LogP contribution >= 0.6 is 24.0 Å². The van der Waals surface area contributed by atoms with Crippen LogP contribution in [0.5, 0.6) is 0 Å². The van der Waals surface area contributed by atoms with Crippen molar-refractivity contribution < 1.29 is 8.42 Å². The van der Waals surface area contributed by atoms with Crippen molar-refractivity contribution in [1.82, 2.24) is 25.1 Å². The normalized spacial score (nSPS) is 15.3. The lowest BCUT2D eigenvalue weighted by Gasteiger charge is -2.25. The van der Waals surface area contributed by atoms with E-state index in [0.29, 0.717) is 25.0 Å². The van der Waals surface area contributed by atoms with E-state index < -0.39 is 10.0 Å². The maximum absolute atomic E-state index is 11.9. The summed E-state index contributed by atoms with van der Waals surface area (Å²) in [6.45, 7) is 2.48. The van der Waals surface area contributed by atoms with E-state index in [1.807, 2.05) is 16.9 Å². The van der Waals surface area contributed by atoms with Gasteiger partial charge < -0.3 is 10.6 Å². The second-order valence-corrected chi connectivity index (χ2v) is 7.94. The van der Waals surface area contributed by atoms with Crippen LogP contribution in [0.1, 0.15) is 25.7 Å². The highest BCUT2D eigenvalue weighted by Crippen LogP contribution is 2.25. The molecule has 0 amide bonds. The Morgan fingerprint density at radius 2 is 2.08 bits per heavy atom. The zero-order valence-electron chi connectivity index (χ0n) is 14.6. The monoisotopic (exact) mass is 484 g/mol. The van der Waals surface area contributed by atoms with Gasteiger partial charge in [0.25, 0.3) is 0 Å². The molecule has 0 atom stereocenters. The summed E-state index contributed by atoms with van der Waals surface area (Å²) in [5, 5.41) is 10.3. The van der Waals surface area contributed by atoms with E-state index >= 15 is 0 Å². The lowest BCUT2D eigenvalue weighted by Crippen LogP contribution is -2.42. The Kier molecular flexibility index (Phi) is 10.4. The highest BCUT2D eigenvalue weighted by Gasteiger charge is 2.19. The summed E-state index contributed by atoms with van der Waals surface area (Å²) in [6, 6.07) is 1.90. The Bertz CT molecular complexity index is 602. The highest BCUT2D eigenvalue weighted by molar-refractivity contribution is 14.0. The molecule has 3 N–H and O–H groups in total. The third kappa shape index (κ3) is 8.86. The number of halogens is 1. The average molecular weight is 484 g/mol. The van der Waals surface area contributed by atoms with E-state index in [2.05, 4.69) is 25.4 Å². The Balaban J connectivity index is 0.00000312. The van der Waals surface area contributed by atoms with Crippen molar-refractivity contribution in [3.8, 4) is 0 Å². The number of nitrogens with one attached hydrogen (secondary N) is 3. The van der Waals surface area contributed by atoms with Crippen molar-refractivity contribution >= 4 is 40.0 Å². The molecule has 0 bridgehead atoms. The van der Waals surface area contributed by atoms with Crippen molar-refractivity contribution in [2.75, 3.05) is 32.4 Å². The van der Waals surface area contributed by atoms with Crippen LogP contribution in [0, 0.1) is 5.92 Å². The standard InChI is InChI=1S/C15H28N6O2S.HI/c1-16-15(17-7-3-10-21-11-4-8-19-21)18-9-12-24(22,23)20-13-14-5-2-6-14;/h4,8,11,14,20H,2-3,5-7,9-10,12-13H2,1H3,(H2,16,17,18);1H. The largest absolute Gasteiger partial charge is 0.356 e. The molecular weight excluding hydrogens is 455 g/mol. The minimum Gasteiger partial charge on any atom is -0.356 e. The fourth-order valence-electron chi connectivity index (χ4n) is 2.42. The molecule has 8 nitrogen and oxygen atoms in total. The molecular formula is C15H29IN6O2S. The quantitative estimate of drug-likeness (QED) is 0.197. The second kappa shape index (κ2) is 11.7. The Morgan fingerprint density at radius 3 is 2.68 bits per heavy atom. The molecule has 0 spiro atoms. The molecule has 1 fully saturated rings. The number of aryl methyl sites for hydroxylation is 1. The Hall–Kier alpha value is -0.880. The third-order valence-electron chi connectivity index (χ3n) is 4.12. The summed E-state index contributed by atoms with van der Waals surface area (Å²) in [5.74, 6) is 1.19. The smallest absolute Gasteiger partial charge is 0.213 e. The van der Waals surface area contributed by atoms with Gasteiger partial charge in [-0.3, -0.25) is 9.67 Å². The van der Waals surface area contributed by atoms with Crippen LogP contribution in [-0.2, 0) is 16.6 Å². The molecule has 25 heavy (non-hydrogen) atoms. The number of sulfonamides is 1. The Labute approximate surface area is 167 Å². The van der Waals surface area contributed by atoms with E-state index in [4.69, 9.17) is 0 Å². The lowest BCUT2D eigenvalue weighted by atomic mass is 9.86. The zero-order valence-corrected chi connectivity index (χ0v) is 17.8. The van der Waals surface area contributed by atoms with Crippen molar-refractivity contribution in [3.63, 3.8) is 0 Å². The summed E-state index contributed by atoms with van der Waals surface area (Å²) in [6.07, 6.45) is 8.08. The number of aromatic nitrogens is 2. The molecule has 10 heteroatoms. The molecule has 1 aliphatic carbocycles. The summed E-state index contributed by atoms with van der Waals surface area (Å²) in [7, 11) is -1.55. The van der Waals surface area contributed by atoms with Crippen molar-refractivity contribution in [1.29, 1.82) is 0 Å². The SMILES string of the molecule is CN=C(NCCCn1cccn1)NCCS(=O)(=O)NCC1CCC1.I. The predicted octanol–water partition coefficient (Wildman–Crippen LogP) is 0.776. The lowest BCUT2D eigenvalue weighted by molar-refractivity contribution is 0.316.